The molecule has 0 aliphatic carbocycles. The second kappa shape index (κ2) is 8.47. The van der Waals surface area contributed by atoms with Gasteiger partial charge in [-0.2, -0.15) is 0 Å². The van der Waals surface area contributed by atoms with Crippen molar-refractivity contribution in [1.29, 1.82) is 0 Å². The van der Waals surface area contributed by atoms with Gasteiger partial charge in [-0.15, -0.1) is 0 Å². The van der Waals surface area contributed by atoms with Gasteiger partial charge in [-0.25, -0.2) is 4.90 Å². The third-order valence-electron chi connectivity index (χ3n) is 5.36. The lowest BCUT2D eigenvalue weighted by Gasteiger charge is -2.28. The van der Waals surface area contributed by atoms with Gasteiger partial charge in [-0.1, -0.05) is 47.5 Å². The Hall–Kier alpha value is -3.25. The van der Waals surface area contributed by atoms with E-state index in [4.69, 9.17) is 0 Å². The highest BCUT2D eigenvalue weighted by atomic mass is 79.9. The molecule has 1 heterocycles. The number of carbonyl (C=O) groups excluding carboxylic acids is 3. The van der Waals surface area contributed by atoms with Gasteiger partial charge >= 0.3 is 0 Å². The lowest BCUT2D eigenvalue weighted by Crippen LogP contribution is -2.46. The minimum atomic E-state index is -0.920. The molecule has 0 spiro atoms. The number of benzene rings is 3. The van der Waals surface area contributed by atoms with Crippen molar-refractivity contribution in [3.8, 4) is 0 Å². The minimum Gasteiger partial charge on any atom is -0.295 e. The number of rotatable bonds is 4. The first-order valence-corrected chi connectivity index (χ1v) is 10.7. The summed E-state index contributed by atoms with van der Waals surface area (Å²) in [5.41, 5.74) is 3.58. The molecule has 31 heavy (non-hydrogen) atoms. The molecule has 3 aromatic carbocycles. The zero-order valence-electron chi connectivity index (χ0n) is 17.2. The molecule has 0 N–H and O–H groups in total. The highest BCUT2D eigenvalue weighted by molar-refractivity contribution is 9.10. The zero-order valence-corrected chi connectivity index (χ0v) is 18.8. The van der Waals surface area contributed by atoms with Crippen molar-refractivity contribution >= 4 is 45.0 Å². The molecule has 1 aliphatic heterocycles. The molecule has 1 saturated heterocycles. The number of aryl methyl sites for hydroxylation is 2. The third-order valence-corrected chi connectivity index (χ3v) is 6.05. The third kappa shape index (κ3) is 4.03. The number of nitrogens with zero attached hydrogens (tertiary/aromatic N) is 2. The van der Waals surface area contributed by atoms with Crippen LogP contribution in [0.4, 0.5) is 11.4 Å². The Labute approximate surface area is 189 Å². The SMILES string of the molecule is Cc1ccc(N2C(=O)CC(N(C(=O)c3ccccc3Br)c3ccc(C)cc3)C2=O)cc1. The summed E-state index contributed by atoms with van der Waals surface area (Å²) in [4.78, 5) is 42.5. The maximum atomic E-state index is 13.6. The van der Waals surface area contributed by atoms with Gasteiger partial charge in [0.15, 0.2) is 0 Å². The van der Waals surface area contributed by atoms with Gasteiger partial charge in [0.2, 0.25) is 5.91 Å². The number of carbonyl (C=O) groups is 3. The van der Waals surface area contributed by atoms with Gasteiger partial charge in [-0.3, -0.25) is 19.3 Å². The first-order chi connectivity index (χ1) is 14.9. The molecule has 6 heteroatoms. The summed E-state index contributed by atoms with van der Waals surface area (Å²) >= 11 is 3.43. The van der Waals surface area contributed by atoms with Crippen LogP contribution in [0.15, 0.2) is 77.3 Å². The fourth-order valence-electron chi connectivity index (χ4n) is 3.69. The highest BCUT2D eigenvalue weighted by Gasteiger charge is 2.45. The van der Waals surface area contributed by atoms with E-state index in [9.17, 15) is 14.4 Å². The maximum absolute atomic E-state index is 13.6. The van der Waals surface area contributed by atoms with Crippen molar-refractivity contribution in [2.45, 2.75) is 26.3 Å². The first kappa shape index (κ1) is 21.0. The predicted molar refractivity (Wildman–Crippen MR) is 124 cm³/mol. The summed E-state index contributed by atoms with van der Waals surface area (Å²) in [7, 11) is 0. The summed E-state index contributed by atoms with van der Waals surface area (Å²) < 4.78 is 0.629. The maximum Gasteiger partial charge on any atom is 0.260 e. The fourth-order valence-corrected chi connectivity index (χ4v) is 4.15. The monoisotopic (exact) mass is 476 g/mol. The van der Waals surface area contributed by atoms with E-state index in [1.54, 1.807) is 42.5 Å². The van der Waals surface area contributed by atoms with E-state index >= 15 is 0 Å². The quantitative estimate of drug-likeness (QED) is 0.495. The molecular formula is C25H21BrN2O3. The topological polar surface area (TPSA) is 57.7 Å². The number of hydrogen-bond donors (Lipinski definition) is 0. The van der Waals surface area contributed by atoms with Crippen LogP contribution >= 0.6 is 15.9 Å². The largest absolute Gasteiger partial charge is 0.295 e. The summed E-state index contributed by atoms with van der Waals surface area (Å²) in [6.45, 7) is 3.89. The molecule has 4 rings (SSSR count). The highest BCUT2D eigenvalue weighted by Crippen LogP contribution is 2.31. The van der Waals surface area contributed by atoms with Crippen molar-refractivity contribution in [3.05, 3.63) is 94.0 Å². The van der Waals surface area contributed by atoms with Crippen LogP contribution < -0.4 is 9.80 Å². The van der Waals surface area contributed by atoms with Gasteiger partial charge in [0.25, 0.3) is 11.8 Å². The smallest absolute Gasteiger partial charge is 0.260 e. The van der Waals surface area contributed by atoms with Crippen LogP contribution in [0.1, 0.15) is 27.9 Å². The molecular weight excluding hydrogens is 456 g/mol. The van der Waals surface area contributed by atoms with Gasteiger partial charge in [0.1, 0.15) is 6.04 Å². The average molecular weight is 477 g/mol. The second-order valence-electron chi connectivity index (χ2n) is 7.61. The fraction of sp³-hybridized carbons (Fsp3) is 0.160. The predicted octanol–water partition coefficient (Wildman–Crippen LogP) is 5.04. The molecule has 0 saturated carbocycles. The van der Waals surface area contributed by atoms with Crippen LogP contribution in [-0.2, 0) is 9.59 Å². The minimum absolute atomic E-state index is 0.0726. The Kier molecular flexibility index (Phi) is 5.74. The Morgan fingerprint density at radius 2 is 1.48 bits per heavy atom. The molecule has 1 unspecified atom stereocenters. The van der Waals surface area contributed by atoms with Crippen molar-refractivity contribution < 1.29 is 14.4 Å². The first-order valence-electron chi connectivity index (χ1n) is 9.95. The molecule has 0 radical (unpaired) electrons. The van der Waals surface area contributed by atoms with Crippen LogP contribution in [0.25, 0.3) is 0 Å². The zero-order chi connectivity index (χ0) is 22.1. The Balaban J connectivity index is 1.76. The lowest BCUT2D eigenvalue weighted by molar-refractivity contribution is -0.121. The summed E-state index contributed by atoms with van der Waals surface area (Å²) in [6.07, 6.45) is -0.0726. The van der Waals surface area contributed by atoms with E-state index in [1.807, 2.05) is 44.2 Å². The second-order valence-corrected chi connectivity index (χ2v) is 8.47. The van der Waals surface area contributed by atoms with Crippen molar-refractivity contribution in [3.63, 3.8) is 0 Å². The number of halogens is 1. The van der Waals surface area contributed by atoms with E-state index < -0.39 is 11.9 Å². The van der Waals surface area contributed by atoms with E-state index in [1.165, 1.54) is 9.80 Å². The lowest BCUT2D eigenvalue weighted by atomic mass is 10.1. The standard InChI is InChI=1S/C25H21BrN2O3/c1-16-7-11-18(12-8-16)27(24(30)20-5-3-4-6-21(20)26)22-15-23(29)28(25(22)31)19-13-9-17(2)10-14-19/h3-14,22H,15H2,1-2H3. The molecule has 3 aromatic rings. The van der Waals surface area contributed by atoms with Crippen LogP contribution in [0.3, 0.4) is 0 Å². The molecule has 3 amide bonds. The number of imide groups is 1. The van der Waals surface area contributed by atoms with Crippen LogP contribution in [-0.4, -0.2) is 23.8 Å². The van der Waals surface area contributed by atoms with Crippen molar-refractivity contribution in [2.75, 3.05) is 9.80 Å². The van der Waals surface area contributed by atoms with Gasteiger partial charge < -0.3 is 0 Å². The number of anilines is 2. The average Bonchev–Trinajstić information content (AvgIpc) is 3.04. The Morgan fingerprint density at radius 1 is 0.903 bits per heavy atom. The molecule has 0 bridgehead atoms. The summed E-state index contributed by atoms with van der Waals surface area (Å²) in [5.74, 6) is -1.07. The van der Waals surface area contributed by atoms with E-state index in [2.05, 4.69) is 15.9 Å². The Bertz CT molecular complexity index is 1160. The molecule has 0 aromatic heterocycles. The van der Waals surface area contributed by atoms with Crippen LogP contribution in [0.5, 0.6) is 0 Å². The molecule has 156 valence electrons. The van der Waals surface area contributed by atoms with E-state index in [0.29, 0.717) is 21.4 Å². The van der Waals surface area contributed by atoms with Gasteiger partial charge in [0, 0.05) is 10.2 Å². The van der Waals surface area contributed by atoms with E-state index in [-0.39, 0.29) is 18.2 Å². The summed E-state index contributed by atoms with van der Waals surface area (Å²) in [6, 6.07) is 20.7. The molecule has 1 fully saturated rings. The molecule has 1 atom stereocenters. The normalized spacial score (nSPS) is 16.0. The van der Waals surface area contributed by atoms with Crippen molar-refractivity contribution in [1.82, 2.24) is 0 Å². The number of hydrogen-bond acceptors (Lipinski definition) is 3. The van der Waals surface area contributed by atoms with Crippen molar-refractivity contribution in [2.24, 2.45) is 0 Å². The van der Waals surface area contributed by atoms with Gasteiger partial charge in [0.05, 0.1) is 17.7 Å². The summed E-state index contributed by atoms with van der Waals surface area (Å²) in [5, 5.41) is 0. The molecule has 5 nitrogen and oxygen atoms in total. The number of amides is 3. The molecule has 1 aliphatic rings. The van der Waals surface area contributed by atoms with Crippen LogP contribution in [0, 0.1) is 13.8 Å². The Morgan fingerprint density at radius 3 is 2.10 bits per heavy atom. The van der Waals surface area contributed by atoms with E-state index in [0.717, 1.165) is 11.1 Å². The van der Waals surface area contributed by atoms with Crippen LogP contribution in [0.2, 0.25) is 0 Å². The van der Waals surface area contributed by atoms with Gasteiger partial charge in [-0.05, 0) is 66.2 Å².